The van der Waals surface area contributed by atoms with Crippen molar-refractivity contribution < 1.29 is 87.6 Å². The molecule has 5 aliphatic rings. The zero-order valence-corrected chi connectivity index (χ0v) is 45.6. The van der Waals surface area contributed by atoms with Crippen molar-refractivity contribution >= 4 is 11.9 Å². The third-order valence-corrected chi connectivity index (χ3v) is 16.9. The first kappa shape index (κ1) is 61.2. The van der Waals surface area contributed by atoms with Crippen LogP contribution in [0.4, 0.5) is 0 Å². The number of aliphatic hydroxyl groups is 6. The summed E-state index contributed by atoms with van der Waals surface area (Å²) in [4.78, 5) is 27.2. The van der Waals surface area contributed by atoms with Gasteiger partial charge < -0.3 is 78.0 Å². The van der Waals surface area contributed by atoms with E-state index in [1.54, 1.807) is 52.0 Å². The van der Waals surface area contributed by atoms with E-state index in [9.17, 15) is 40.2 Å². The highest BCUT2D eigenvalue weighted by Crippen LogP contribution is 2.46. The first-order chi connectivity index (χ1) is 34.3. The molecule has 0 aliphatic carbocycles. The zero-order valence-electron chi connectivity index (χ0n) is 45.6. The van der Waals surface area contributed by atoms with Gasteiger partial charge in [0.2, 0.25) is 0 Å². The Labute approximate surface area is 433 Å². The summed E-state index contributed by atoms with van der Waals surface area (Å²) < 4.78 is 62.5. The summed E-state index contributed by atoms with van der Waals surface area (Å²) in [6.45, 7) is 22.1. The molecule has 5 heterocycles. The highest BCUT2D eigenvalue weighted by Gasteiger charge is 2.55. The summed E-state index contributed by atoms with van der Waals surface area (Å²) in [6, 6.07) is 0. The first-order valence-corrected chi connectivity index (χ1v) is 26.6. The van der Waals surface area contributed by atoms with Crippen molar-refractivity contribution in [3.05, 3.63) is 48.6 Å². The van der Waals surface area contributed by atoms with E-state index in [0.717, 1.165) is 0 Å². The summed E-state index contributed by atoms with van der Waals surface area (Å²) in [7, 11) is 3.04. The average Bonchev–Trinajstić information content (AvgIpc) is 3.35. The van der Waals surface area contributed by atoms with Gasteiger partial charge in [-0.05, 0) is 34.1 Å². The van der Waals surface area contributed by atoms with Gasteiger partial charge >= 0.3 is 11.9 Å². The molecule has 5 aliphatic heterocycles. The van der Waals surface area contributed by atoms with Gasteiger partial charge in [0, 0.05) is 99.4 Å². The van der Waals surface area contributed by atoms with Gasteiger partial charge in [-0.15, -0.1) is 0 Å². The van der Waals surface area contributed by atoms with E-state index in [1.807, 2.05) is 55.4 Å². The predicted octanol–water partition coefficient (Wildman–Crippen LogP) is 5.04. The SMILES string of the molecule is CC[C@@H]1[C@@H](C)O[C@@](OC)([C@@H](C)[C@H](O)[C@H](C)[C@@H]2OC(=O)/C=C\C=C\[C@H](C)[C@@H]([C@@H](C)[C@H](O)[C@H](C)[C@@]3(OC)C[C@@H](O[C@H]4C[C@H](O)[C@H](O)[C@H](C)O4)[C@H](C)[C@@H](C)O3)OC(=O)/C=C/C=C/[C@@H]2C)C[C@H]1O[C@H]1C[C@H](O)[C@H](O)[C@H](C)O1. The Bertz CT molecular complexity index is 1850. The van der Waals surface area contributed by atoms with Gasteiger partial charge in [-0.25, -0.2) is 9.59 Å². The molecule has 6 N–H and O–H groups in total. The number of cyclic esters (lactones) is 2. The van der Waals surface area contributed by atoms with Crippen molar-refractivity contribution in [2.45, 2.75) is 225 Å². The molecule has 0 unspecified atom stereocenters. The van der Waals surface area contributed by atoms with Crippen LogP contribution in [0.15, 0.2) is 48.6 Å². The topological polar surface area (TPSA) is 248 Å². The van der Waals surface area contributed by atoms with Crippen molar-refractivity contribution in [1.82, 2.24) is 0 Å². The standard InChI is InChI=1S/C55H90O18/c1-15-39-36(10)73-55(65-14,27-43(39)69-47-25-41(57)51(63)38(12)67-47)34(8)49(61)32(6)53-29(3)21-17-19-22-44(58)70-52(28(2)20-16-18-23-45(59)71-53)31(5)48(60)33(7)54(64-13)26-42(30(4)35(9)72-54)68-46-24-40(56)50(62)37(11)66-46/h16-23,28-43,46-53,56-57,60-63H,15,24-27H2,1-14H3/b20-16+,21-17+,22-19+,23-18-/t28-,29-,30+,31-,32-,33-,34-,35+,36+,37-,38-,39+,40-,41-,42+,43+,46-,47-,48-,49+,50+,51+,52-,53+,54+,55+/m0/s1. The largest absolute Gasteiger partial charge is 0.458 e. The van der Waals surface area contributed by atoms with Crippen molar-refractivity contribution in [2.24, 2.45) is 47.3 Å². The summed E-state index contributed by atoms with van der Waals surface area (Å²) in [6.07, 6.45) is 1.30. The zero-order chi connectivity index (χ0) is 54.3. The lowest BCUT2D eigenvalue weighted by molar-refractivity contribution is -0.352. The molecule has 0 aromatic heterocycles. The number of esters is 2. The molecule has 418 valence electrons. The van der Waals surface area contributed by atoms with Crippen LogP contribution in [0, 0.1) is 47.3 Å². The maximum absolute atomic E-state index is 13.6. The van der Waals surface area contributed by atoms with Crippen LogP contribution in [-0.4, -0.2) is 166 Å². The number of rotatable bonds is 15. The molecule has 4 saturated heterocycles. The Morgan fingerprint density at radius 1 is 0.603 bits per heavy atom. The smallest absolute Gasteiger partial charge is 0.331 e. The number of hydrogen-bond acceptors (Lipinski definition) is 18. The molecule has 26 atom stereocenters. The van der Waals surface area contributed by atoms with Gasteiger partial charge in [-0.2, -0.15) is 0 Å². The number of ether oxygens (including phenoxy) is 10. The Balaban J connectivity index is 1.30. The molecule has 0 spiro atoms. The second-order valence-corrected chi connectivity index (χ2v) is 21.8. The second-order valence-electron chi connectivity index (χ2n) is 21.8. The van der Waals surface area contributed by atoms with Crippen molar-refractivity contribution in [2.75, 3.05) is 14.2 Å². The van der Waals surface area contributed by atoms with E-state index in [-0.39, 0.29) is 49.7 Å². The van der Waals surface area contributed by atoms with Crippen LogP contribution < -0.4 is 0 Å². The molecule has 0 aromatic carbocycles. The fraction of sp³-hybridized carbons (Fsp3) is 0.818. The molecule has 18 nitrogen and oxygen atoms in total. The fourth-order valence-corrected chi connectivity index (χ4v) is 11.7. The second kappa shape index (κ2) is 26.6. The Morgan fingerprint density at radius 3 is 1.40 bits per heavy atom. The Kier molecular flexibility index (Phi) is 22.3. The third kappa shape index (κ3) is 14.5. The Morgan fingerprint density at radius 2 is 1.00 bits per heavy atom. The van der Waals surface area contributed by atoms with Crippen LogP contribution in [0.2, 0.25) is 0 Å². The minimum atomic E-state index is -1.33. The summed E-state index contributed by atoms with van der Waals surface area (Å²) in [5, 5.41) is 65.9. The van der Waals surface area contributed by atoms with Crippen LogP contribution in [0.5, 0.6) is 0 Å². The van der Waals surface area contributed by atoms with E-state index >= 15 is 0 Å². The van der Waals surface area contributed by atoms with Gasteiger partial charge in [0.1, 0.15) is 24.4 Å². The lowest BCUT2D eigenvalue weighted by Crippen LogP contribution is -2.60. The number of carbonyl (C=O) groups excluding carboxylic acids is 2. The van der Waals surface area contributed by atoms with E-state index in [0.29, 0.717) is 6.42 Å². The fourth-order valence-electron chi connectivity index (χ4n) is 11.7. The number of allylic oxidation sites excluding steroid dienone is 4. The summed E-state index contributed by atoms with van der Waals surface area (Å²) in [5.41, 5.74) is 0. The lowest BCUT2D eigenvalue weighted by atomic mass is 9.76. The number of carbonyl (C=O) groups is 2. The monoisotopic (exact) mass is 1040 g/mol. The van der Waals surface area contributed by atoms with Gasteiger partial charge in [-0.3, -0.25) is 0 Å². The maximum Gasteiger partial charge on any atom is 0.331 e. The summed E-state index contributed by atoms with van der Waals surface area (Å²) >= 11 is 0. The normalized spacial score (nSPS) is 45.6. The molecule has 0 amide bonds. The van der Waals surface area contributed by atoms with Crippen LogP contribution in [0.25, 0.3) is 0 Å². The molecule has 18 heteroatoms. The van der Waals surface area contributed by atoms with Crippen molar-refractivity contribution in [3.8, 4) is 0 Å². The molecule has 4 fully saturated rings. The van der Waals surface area contributed by atoms with E-state index in [1.165, 1.54) is 38.5 Å². The van der Waals surface area contributed by atoms with Crippen LogP contribution in [-0.2, 0) is 57.0 Å². The molecule has 0 bridgehead atoms. The minimum absolute atomic E-state index is 0.0682. The van der Waals surface area contributed by atoms with Gasteiger partial charge in [0.25, 0.3) is 0 Å². The maximum atomic E-state index is 13.6. The molecule has 0 radical (unpaired) electrons. The van der Waals surface area contributed by atoms with Crippen LogP contribution >= 0.6 is 0 Å². The average molecular weight is 1040 g/mol. The van der Waals surface area contributed by atoms with E-state index in [2.05, 4.69) is 0 Å². The number of hydrogen-bond donors (Lipinski definition) is 6. The highest BCUT2D eigenvalue weighted by atomic mass is 16.7. The molecule has 73 heavy (non-hydrogen) atoms. The van der Waals surface area contributed by atoms with Crippen molar-refractivity contribution in [3.63, 3.8) is 0 Å². The van der Waals surface area contributed by atoms with Crippen LogP contribution in [0.1, 0.15) is 115 Å². The molecule has 0 aromatic rings. The first-order valence-electron chi connectivity index (χ1n) is 26.6. The number of aliphatic hydroxyl groups excluding tert-OH is 6. The van der Waals surface area contributed by atoms with Crippen molar-refractivity contribution in [1.29, 1.82) is 0 Å². The molecule has 0 saturated carbocycles. The van der Waals surface area contributed by atoms with Gasteiger partial charge in [0.05, 0.1) is 61.0 Å². The molecular weight excluding hydrogens is 949 g/mol. The number of methoxy groups -OCH3 is 2. The summed E-state index contributed by atoms with van der Waals surface area (Å²) in [5.74, 6) is -7.76. The van der Waals surface area contributed by atoms with Gasteiger partial charge in [0.15, 0.2) is 24.2 Å². The Hall–Kier alpha value is -2.66. The molecule has 5 rings (SSSR count). The van der Waals surface area contributed by atoms with Crippen LogP contribution in [0.3, 0.4) is 0 Å². The highest BCUT2D eigenvalue weighted by molar-refractivity contribution is 5.83. The quantitative estimate of drug-likeness (QED) is 0.118. The van der Waals surface area contributed by atoms with Gasteiger partial charge in [-0.1, -0.05) is 91.8 Å². The minimum Gasteiger partial charge on any atom is -0.458 e. The van der Waals surface area contributed by atoms with E-state index < -0.39 is 145 Å². The third-order valence-electron chi connectivity index (χ3n) is 16.9. The molecular formula is C55H90O18. The predicted molar refractivity (Wildman–Crippen MR) is 268 cm³/mol. The van der Waals surface area contributed by atoms with E-state index in [4.69, 9.17) is 47.4 Å². The lowest BCUT2D eigenvalue weighted by Gasteiger charge is -2.52.